The molecule has 0 bridgehead atoms. The van der Waals surface area contributed by atoms with Crippen LogP contribution in [0.3, 0.4) is 0 Å². The maximum absolute atomic E-state index is 12.3. The summed E-state index contributed by atoms with van der Waals surface area (Å²) in [6.45, 7) is 3.84. The molecule has 0 aromatic carbocycles. The summed E-state index contributed by atoms with van der Waals surface area (Å²) in [6, 6.07) is 0.362. The van der Waals surface area contributed by atoms with Crippen LogP contribution in [0.1, 0.15) is 69.2 Å². The highest BCUT2D eigenvalue weighted by atomic mass is 16.3. The first kappa shape index (κ1) is 18.1. The summed E-state index contributed by atoms with van der Waals surface area (Å²) in [5.41, 5.74) is 1.28. The minimum Gasteiger partial charge on any atom is -0.395 e. The van der Waals surface area contributed by atoms with Gasteiger partial charge in [-0.2, -0.15) is 0 Å². The van der Waals surface area contributed by atoms with Crippen molar-refractivity contribution in [3.05, 3.63) is 17.5 Å². The zero-order valence-corrected chi connectivity index (χ0v) is 15.6. The first-order chi connectivity index (χ1) is 12.0. The van der Waals surface area contributed by atoms with Gasteiger partial charge in [0, 0.05) is 30.5 Å². The van der Waals surface area contributed by atoms with Gasteiger partial charge in [0.15, 0.2) is 0 Å². The van der Waals surface area contributed by atoms with Crippen LogP contribution in [-0.2, 0) is 4.79 Å². The summed E-state index contributed by atoms with van der Waals surface area (Å²) < 4.78 is 0. The average molecular weight is 346 g/mol. The van der Waals surface area contributed by atoms with E-state index in [0.717, 1.165) is 30.0 Å². The molecule has 6 heteroatoms. The SMILES string of the molecule is Cc1nc(N(C)C2CCCCC2)ncc1[C@@H](C)NC(=O)C1(CO)CC1. The van der Waals surface area contributed by atoms with E-state index >= 15 is 0 Å². The third-order valence-corrected chi connectivity index (χ3v) is 5.89. The molecule has 2 aliphatic carbocycles. The molecule has 1 amide bonds. The number of hydrogen-bond donors (Lipinski definition) is 2. The summed E-state index contributed by atoms with van der Waals surface area (Å²) in [5.74, 6) is 0.700. The summed E-state index contributed by atoms with van der Waals surface area (Å²) in [5, 5.41) is 12.4. The molecule has 0 radical (unpaired) electrons. The molecule has 2 aliphatic rings. The molecule has 1 aromatic heterocycles. The normalized spacial score (nSPS) is 20.8. The summed E-state index contributed by atoms with van der Waals surface area (Å²) in [4.78, 5) is 23.8. The van der Waals surface area contributed by atoms with Gasteiger partial charge in [0.05, 0.1) is 18.1 Å². The molecule has 2 saturated carbocycles. The number of anilines is 1. The maximum atomic E-state index is 12.3. The van der Waals surface area contributed by atoms with E-state index in [0.29, 0.717) is 6.04 Å². The smallest absolute Gasteiger partial charge is 0.229 e. The minimum absolute atomic E-state index is 0.0645. The highest BCUT2D eigenvalue weighted by Gasteiger charge is 2.49. The lowest BCUT2D eigenvalue weighted by Gasteiger charge is -2.31. The van der Waals surface area contributed by atoms with E-state index in [1.165, 1.54) is 32.1 Å². The van der Waals surface area contributed by atoms with Crippen molar-refractivity contribution in [1.82, 2.24) is 15.3 Å². The van der Waals surface area contributed by atoms with E-state index in [1.807, 2.05) is 20.0 Å². The Labute approximate surface area is 150 Å². The molecule has 0 spiro atoms. The molecule has 1 atom stereocenters. The van der Waals surface area contributed by atoms with Gasteiger partial charge < -0.3 is 15.3 Å². The van der Waals surface area contributed by atoms with E-state index in [2.05, 4.69) is 27.2 Å². The molecule has 0 saturated heterocycles. The molecule has 0 aliphatic heterocycles. The van der Waals surface area contributed by atoms with Gasteiger partial charge in [-0.3, -0.25) is 4.79 Å². The Hall–Kier alpha value is -1.69. The Bertz CT molecular complexity index is 624. The Morgan fingerprint density at radius 1 is 1.40 bits per heavy atom. The summed E-state index contributed by atoms with van der Waals surface area (Å²) >= 11 is 0. The fraction of sp³-hybridized carbons (Fsp3) is 0.737. The van der Waals surface area contributed by atoms with Gasteiger partial charge in [-0.1, -0.05) is 19.3 Å². The van der Waals surface area contributed by atoms with E-state index in [1.54, 1.807) is 0 Å². The minimum atomic E-state index is -0.551. The highest BCUT2D eigenvalue weighted by Crippen LogP contribution is 2.45. The predicted octanol–water partition coefficient (Wildman–Crippen LogP) is 2.50. The number of aliphatic hydroxyl groups is 1. The number of aryl methyl sites for hydroxylation is 1. The van der Waals surface area contributed by atoms with Crippen molar-refractivity contribution < 1.29 is 9.90 Å². The fourth-order valence-corrected chi connectivity index (χ4v) is 3.73. The topological polar surface area (TPSA) is 78.4 Å². The second-order valence-electron chi connectivity index (χ2n) is 7.75. The van der Waals surface area contributed by atoms with Crippen molar-refractivity contribution in [2.45, 2.75) is 70.9 Å². The predicted molar refractivity (Wildman–Crippen MR) is 97.4 cm³/mol. The molecule has 138 valence electrons. The Kier molecular flexibility index (Phi) is 5.27. The second-order valence-corrected chi connectivity index (χ2v) is 7.75. The maximum Gasteiger partial charge on any atom is 0.229 e. The largest absolute Gasteiger partial charge is 0.395 e. The zero-order chi connectivity index (χ0) is 18.0. The molecule has 1 heterocycles. The van der Waals surface area contributed by atoms with Gasteiger partial charge in [0.2, 0.25) is 11.9 Å². The van der Waals surface area contributed by atoms with Crippen molar-refractivity contribution in [3.8, 4) is 0 Å². The third kappa shape index (κ3) is 3.78. The average Bonchev–Trinajstić information content (AvgIpc) is 3.43. The van der Waals surface area contributed by atoms with Crippen LogP contribution in [0.5, 0.6) is 0 Å². The van der Waals surface area contributed by atoms with Crippen LogP contribution in [-0.4, -0.2) is 40.7 Å². The van der Waals surface area contributed by atoms with Crippen LogP contribution in [0, 0.1) is 12.3 Å². The van der Waals surface area contributed by atoms with E-state index in [9.17, 15) is 9.90 Å². The Morgan fingerprint density at radius 3 is 2.64 bits per heavy atom. The number of carbonyl (C=O) groups excluding carboxylic acids is 1. The van der Waals surface area contributed by atoms with Crippen molar-refractivity contribution in [2.75, 3.05) is 18.6 Å². The van der Waals surface area contributed by atoms with Gasteiger partial charge in [-0.05, 0) is 39.5 Å². The summed E-state index contributed by atoms with van der Waals surface area (Å²) in [7, 11) is 2.08. The molecule has 0 unspecified atom stereocenters. The van der Waals surface area contributed by atoms with Crippen LogP contribution < -0.4 is 10.2 Å². The molecule has 2 N–H and O–H groups in total. The van der Waals surface area contributed by atoms with Gasteiger partial charge in [0.1, 0.15) is 0 Å². The number of aromatic nitrogens is 2. The quantitative estimate of drug-likeness (QED) is 0.827. The van der Waals surface area contributed by atoms with Crippen LogP contribution >= 0.6 is 0 Å². The van der Waals surface area contributed by atoms with Crippen molar-refractivity contribution in [2.24, 2.45) is 5.41 Å². The van der Waals surface area contributed by atoms with E-state index in [-0.39, 0.29) is 18.6 Å². The van der Waals surface area contributed by atoms with E-state index in [4.69, 9.17) is 0 Å². The lowest BCUT2D eigenvalue weighted by Crippen LogP contribution is -2.37. The number of carbonyl (C=O) groups is 1. The molecule has 25 heavy (non-hydrogen) atoms. The zero-order valence-electron chi connectivity index (χ0n) is 15.6. The monoisotopic (exact) mass is 346 g/mol. The lowest BCUT2D eigenvalue weighted by atomic mass is 9.95. The molecule has 1 aromatic rings. The van der Waals surface area contributed by atoms with Crippen LogP contribution in [0.15, 0.2) is 6.20 Å². The first-order valence-corrected chi connectivity index (χ1v) is 9.45. The number of nitrogens with one attached hydrogen (secondary N) is 1. The van der Waals surface area contributed by atoms with E-state index < -0.39 is 5.41 Å². The van der Waals surface area contributed by atoms with Crippen LogP contribution in [0.4, 0.5) is 5.95 Å². The van der Waals surface area contributed by atoms with Crippen LogP contribution in [0.25, 0.3) is 0 Å². The number of amides is 1. The van der Waals surface area contributed by atoms with Crippen LogP contribution in [0.2, 0.25) is 0 Å². The van der Waals surface area contributed by atoms with Gasteiger partial charge in [-0.25, -0.2) is 9.97 Å². The number of rotatable bonds is 6. The van der Waals surface area contributed by atoms with Crippen molar-refractivity contribution in [3.63, 3.8) is 0 Å². The van der Waals surface area contributed by atoms with Crippen molar-refractivity contribution >= 4 is 11.9 Å². The molecule has 6 nitrogen and oxygen atoms in total. The number of hydrogen-bond acceptors (Lipinski definition) is 5. The summed E-state index contributed by atoms with van der Waals surface area (Å²) in [6.07, 6.45) is 9.66. The first-order valence-electron chi connectivity index (χ1n) is 9.45. The Morgan fingerprint density at radius 2 is 2.08 bits per heavy atom. The third-order valence-electron chi connectivity index (χ3n) is 5.89. The number of aliphatic hydroxyl groups excluding tert-OH is 1. The highest BCUT2D eigenvalue weighted by molar-refractivity contribution is 5.85. The van der Waals surface area contributed by atoms with Gasteiger partial charge in [-0.15, -0.1) is 0 Å². The Balaban J connectivity index is 1.67. The van der Waals surface area contributed by atoms with Gasteiger partial charge in [0.25, 0.3) is 0 Å². The van der Waals surface area contributed by atoms with Crippen molar-refractivity contribution in [1.29, 1.82) is 0 Å². The molecule has 3 rings (SSSR count). The fourth-order valence-electron chi connectivity index (χ4n) is 3.73. The molecular formula is C19H30N4O2. The number of nitrogens with zero attached hydrogens (tertiary/aromatic N) is 3. The second kappa shape index (κ2) is 7.28. The molecule has 2 fully saturated rings. The lowest BCUT2D eigenvalue weighted by molar-refractivity contribution is -0.128. The standard InChI is InChI=1S/C19H30N4O2/c1-13(21-17(25)19(12-24)9-10-19)16-11-20-18(22-14(16)2)23(3)15-7-5-4-6-8-15/h11,13,15,24H,4-10,12H2,1-3H3,(H,21,25)/t13-/m1/s1. The van der Waals surface area contributed by atoms with Gasteiger partial charge >= 0.3 is 0 Å². The molecular weight excluding hydrogens is 316 g/mol.